The van der Waals surface area contributed by atoms with Crippen LogP contribution in [-0.4, -0.2) is 29.1 Å². The van der Waals surface area contributed by atoms with Gasteiger partial charge in [-0.3, -0.25) is 0 Å². The van der Waals surface area contributed by atoms with E-state index in [2.05, 4.69) is 4.98 Å². The molecule has 2 heterocycles. The molecule has 5 heteroatoms. The van der Waals surface area contributed by atoms with Gasteiger partial charge < -0.3 is 14.4 Å². The molecule has 14 heavy (non-hydrogen) atoms. The lowest BCUT2D eigenvalue weighted by molar-refractivity contribution is 0.0662. The maximum Gasteiger partial charge on any atom is 0.373 e. The molecule has 1 aromatic heterocycles. The minimum Gasteiger partial charge on any atom is -0.475 e. The Morgan fingerprint density at radius 3 is 2.64 bits per heavy atom. The van der Waals surface area contributed by atoms with Crippen LogP contribution in [0.2, 0.25) is 0 Å². The second kappa shape index (κ2) is 3.32. The topological polar surface area (TPSA) is 66.6 Å². The first-order valence-electron chi connectivity index (χ1n) is 4.64. The summed E-state index contributed by atoms with van der Waals surface area (Å²) in [5.41, 5.74) is 0.444. The van der Waals surface area contributed by atoms with E-state index in [1.807, 2.05) is 4.90 Å². The molecule has 5 nitrogen and oxygen atoms in total. The highest BCUT2D eigenvalue weighted by molar-refractivity contribution is 5.85. The molecule has 0 saturated carbocycles. The summed E-state index contributed by atoms with van der Waals surface area (Å²) < 4.78 is 5.18. The molecular formula is C9H12N2O3. The first-order valence-corrected chi connectivity index (χ1v) is 4.64. The van der Waals surface area contributed by atoms with E-state index in [1.54, 1.807) is 6.92 Å². The highest BCUT2D eigenvalue weighted by atomic mass is 16.4. The lowest BCUT2D eigenvalue weighted by Crippen LogP contribution is -2.17. The Hall–Kier alpha value is -1.52. The van der Waals surface area contributed by atoms with Crippen molar-refractivity contribution in [2.45, 2.75) is 19.8 Å². The van der Waals surface area contributed by atoms with Crippen molar-refractivity contribution in [1.29, 1.82) is 0 Å². The number of aromatic nitrogens is 1. The Labute approximate surface area is 81.3 Å². The molecule has 1 aliphatic rings. The van der Waals surface area contributed by atoms with E-state index in [4.69, 9.17) is 9.52 Å². The molecule has 0 bridgehead atoms. The van der Waals surface area contributed by atoms with Gasteiger partial charge in [0.15, 0.2) is 0 Å². The smallest absolute Gasteiger partial charge is 0.373 e. The van der Waals surface area contributed by atoms with Crippen molar-refractivity contribution >= 4 is 12.0 Å². The molecule has 0 aliphatic carbocycles. The Kier molecular flexibility index (Phi) is 2.15. The van der Waals surface area contributed by atoms with Crippen LogP contribution in [-0.2, 0) is 0 Å². The maximum atomic E-state index is 10.7. The van der Waals surface area contributed by atoms with Gasteiger partial charge >= 0.3 is 5.97 Å². The molecule has 2 rings (SSSR count). The number of nitrogens with zero attached hydrogens (tertiary/aromatic N) is 2. The standard InChI is InChI=1S/C9H12N2O3/c1-6-7(8(12)13)14-9(10-6)11-4-2-3-5-11/h2-5H2,1H3,(H,12,13). The van der Waals surface area contributed by atoms with E-state index in [9.17, 15) is 4.79 Å². The number of aromatic carboxylic acids is 1. The average molecular weight is 196 g/mol. The van der Waals surface area contributed by atoms with Gasteiger partial charge in [-0.2, -0.15) is 4.98 Å². The molecule has 0 atom stereocenters. The summed E-state index contributed by atoms with van der Waals surface area (Å²) >= 11 is 0. The summed E-state index contributed by atoms with van der Waals surface area (Å²) in [4.78, 5) is 16.8. The predicted molar refractivity (Wildman–Crippen MR) is 49.6 cm³/mol. The zero-order valence-electron chi connectivity index (χ0n) is 7.99. The van der Waals surface area contributed by atoms with Crippen molar-refractivity contribution < 1.29 is 14.3 Å². The number of oxazole rings is 1. The molecule has 0 amide bonds. The number of carbonyl (C=O) groups is 1. The van der Waals surface area contributed by atoms with Gasteiger partial charge in [-0.15, -0.1) is 0 Å². The summed E-state index contributed by atoms with van der Waals surface area (Å²) in [6, 6.07) is 0.442. The highest BCUT2D eigenvalue weighted by Gasteiger charge is 2.22. The van der Waals surface area contributed by atoms with Crippen molar-refractivity contribution in [3.63, 3.8) is 0 Å². The van der Waals surface area contributed by atoms with Crippen LogP contribution in [0.4, 0.5) is 6.01 Å². The van der Waals surface area contributed by atoms with Crippen LogP contribution >= 0.6 is 0 Å². The van der Waals surface area contributed by atoms with Crippen molar-refractivity contribution in [3.05, 3.63) is 11.5 Å². The van der Waals surface area contributed by atoms with E-state index in [-0.39, 0.29) is 5.76 Å². The molecule has 0 radical (unpaired) electrons. The van der Waals surface area contributed by atoms with E-state index in [0.29, 0.717) is 11.7 Å². The van der Waals surface area contributed by atoms with E-state index >= 15 is 0 Å². The van der Waals surface area contributed by atoms with Crippen LogP contribution < -0.4 is 4.90 Å². The fourth-order valence-corrected chi connectivity index (χ4v) is 1.62. The Morgan fingerprint density at radius 1 is 1.50 bits per heavy atom. The van der Waals surface area contributed by atoms with E-state index in [0.717, 1.165) is 25.9 Å². The van der Waals surface area contributed by atoms with Gasteiger partial charge in [-0.25, -0.2) is 4.79 Å². The number of rotatable bonds is 2. The minimum absolute atomic E-state index is 0.0492. The third-order valence-corrected chi connectivity index (χ3v) is 2.36. The molecule has 76 valence electrons. The zero-order valence-corrected chi connectivity index (χ0v) is 7.99. The van der Waals surface area contributed by atoms with Crippen LogP contribution in [0.5, 0.6) is 0 Å². The van der Waals surface area contributed by atoms with Gasteiger partial charge in [0, 0.05) is 13.1 Å². The fourth-order valence-electron chi connectivity index (χ4n) is 1.62. The minimum atomic E-state index is -1.06. The van der Waals surface area contributed by atoms with Gasteiger partial charge in [0.25, 0.3) is 6.01 Å². The van der Waals surface area contributed by atoms with Crippen LogP contribution in [0.3, 0.4) is 0 Å². The SMILES string of the molecule is Cc1nc(N2CCCC2)oc1C(=O)O. The van der Waals surface area contributed by atoms with Crippen molar-refractivity contribution in [2.75, 3.05) is 18.0 Å². The lowest BCUT2D eigenvalue weighted by atomic mass is 10.4. The first-order chi connectivity index (χ1) is 6.68. The van der Waals surface area contributed by atoms with Gasteiger partial charge in [-0.05, 0) is 19.8 Å². The molecule has 1 aromatic rings. The Balaban J connectivity index is 2.27. The van der Waals surface area contributed by atoms with Crippen LogP contribution in [0, 0.1) is 6.92 Å². The summed E-state index contributed by atoms with van der Waals surface area (Å²) in [5.74, 6) is -1.10. The molecule has 0 spiro atoms. The van der Waals surface area contributed by atoms with Crippen LogP contribution in [0.15, 0.2) is 4.42 Å². The van der Waals surface area contributed by atoms with Gasteiger partial charge in [0.2, 0.25) is 5.76 Å². The summed E-state index contributed by atoms with van der Waals surface area (Å²) in [6.45, 7) is 3.45. The monoisotopic (exact) mass is 196 g/mol. The third-order valence-electron chi connectivity index (χ3n) is 2.36. The van der Waals surface area contributed by atoms with E-state index in [1.165, 1.54) is 0 Å². The van der Waals surface area contributed by atoms with Crippen molar-refractivity contribution in [2.24, 2.45) is 0 Å². The summed E-state index contributed by atoms with van der Waals surface area (Å²) in [7, 11) is 0. The predicted octanol–water partition coefficient (Wildman–Crippen LogP) is 1.28. The largest absolute Gasteiger partial charge is 0.475 e. The second-order valence-corrected chi connectivity index (χ2v) is 3.41. The Bertz CT molecular complexity index is 353. The quantitative estimate of drug-likeness (QED) is 0.771. The number of hydrogen-bond acceptors (Lipinski definition) is 4. The normalized spacial score (nSPS) is 16.2. The maximum absolute atomic E-state index is 10.7. The fraction of sp³-hybridized carbons (Fsp3) is 0.556. The lowest BCUT2D eigenvalue weighted by Gasteiger charge is -2.10. The molecule has 1 N–H and O–H groups in total. The summed E-state index contributed by atoms with van der Waals surface area (Å²) in [5, 5.41) is 8.77. The molecule has 1 aliphatic heterocycles. The number of carboxylic acids is 1. The van der Waals surface area contributed by atoms with Crippen LogP contribution in [0.25, 0.3) is 0 Å². The number of aryl methyl sites for hydroxylation is 1. The first kappa shape index (κ1) is 9.05. The third kappa shape index (κ3) is 1.45. The molecular weight excluding hydrogens is 184 g/mol. The number of hydrogen-bond donors (Lipinski definition) is 1. The second-order valence-electron chi connectivity index (χ2n) is 3.41. The van der Waals surface area contributed by atoms with Gasteiger partial charge in [0.1, 0.15) is 0 Å². The molecule has 0 unspecified atom stereocenters. The van der Waals surface area contributed by atoms with Crippen molar-refractivity contribution in [3.8, 4) is 0 Å². The number of carboxylic acid groups (broad SMARTS) is 1. The van der Waals surface area contributed by atoms with Crippen LogP contribution in [0.1, 0.15) is 29.1 Å². The van der Waals surface area contributed by atoms with E-state index < -0.39 is 5.97 Å². The van der Waals surface area contributed by atoms with Crippen molar-refractivity contribution in [1.82, 2.24) is 4.98 Å². The Morgan fingerprint density at radius 2 is 2.14 bits per heavy atom. The zero-order chi connectivity index (χ0) is 10.1. The molecule has 1 saturated heterocycles. The number of anilines is 1. The molecule has 1 fully saturated rings. The average Bonchev–Trinajstić information content (AvgIpc) is 2.70. The van der Waals surface area contributed by atoms with Gasteiger partial charge in [-0.1, -0.05) is 0 Å². The molecule has 0 aromatic carbocycles. The highest BCUT2D eigenvalue weighted by Crippen LogP contribution is 2.22. The van der Waals surface area contributed by atoms with Gasteiger partial charge in [0.05, 0.1) is 5.69 Å². The summed E-state index contributed by atoms with van der Waals surface area (Å²) in [6.07, 6.45) is 2.23.